The summed E-state index contributed by atoms with van der Waals surface area (Å²) in [5, 5.41) is 0.565. The summed E-state index contributed by atoms with van der Waals surface area (Å²) in [5.41, 5.74) is 1.53. The minimum Gasteiger partial charge on any atom is -0.294 e. The van der Waals surface area contributed by atoms with Crippen molar-refractivity contribution >= 4 is 33.3 Å². The maximum absolute atomic E-state index is 11.4. The number of halogens is 2. The molecule has 0 spiro atoms. The summed E-state index contributed by atoms with van der Waals surface area (Å²) in [5.74, 6) is 0.0781. The van der Waals surface area contributed by atoms with Crippen LogP contribution in [-0.2, 0) is 0 Å². The van der Waals surface area contributed by atoms with Gasteiger partial charge in [0.05, 0.1) is 5.02 Å². The van der Waals surface area contributed by atoms with E-state index in [1.165, 1.54) is 0 Å². The van der Waals surface area contributed by atoms with Crippen LogP contribution in [0.5, 0.6) is 0 Å². The Bertz CT molecular complexity index is 347. The third kappa shape index (κ3) is 2.32. The third-order valence-electron chi connectivity index (χ3n) is 1.84. The van der Waals surface area contributed by atoms with Crippen molar-refractivity contribution in [2.45, 2.75) is 20.3 Å². The van der Waals surface area contributed by atoms with Crippen LogP contribution < -0.4 is 0 Å². The first-order chi connectivity index (χ1) is 6.06. The van der Waals surface area contributed by atoms with E-state index in [0.717, 1.165) is 10.0 Å². The molecule has 0 fully saturated rings. The topological polar surface area (TPSA) is 17.1 Å². The summed E-state index contributed by atoms with van der Waals surface area (Å²) in [4.78, 5) is 11.4. The molecule has 0 unspecified atom stereocenters. The first-order valence-electron chi connectivity index (χ1n) is 4.05. The van der Waals surface area contributed by atoms with Gasteiger partial charge in [-0.15, -0.1) is 0 Å². The summed E-state index contributed by atoms with van der Waals surface area (Å²) >= 11 is 9.33. The fraction of sp³-hybridized carbons (Fsp3) is 0.300. The third-order valence-corrected chi connectivity index (χ3v) is 2.80. The van der Waals surface area contributed by atoms with E-state index in [1.807, 2.05) is 19.9 Å². The minimum absolute atomic E-state index is 0.0781. The number of aryl methyl sites for hydroxylation is 1. The van der Waals surface area contributed by atoms with Gasteiger partial charge in [-0.25, -0.2) is 0 Å². The second-order valence-electron chi connectivity index (χ2n) is 2.86. The largest absolute Gasteiger partial charge is 0.294 e. The summed E-state index contributed by atoms with van der Waals surface area (Å²) < 4.78 is 0.895. The molecule has 0 amide bonds. The molecule has 1 aromatic rings. The van der Waals surface area contributed by atoms with Crippen molar-refractivity contribution in [2.24, 2.45) is 0 Å². The Balaban J connectivity index is 3.28. The van der Waals surface area contributed by atoms with Crippen molar-refractivity contribution in [3.8, 4) is 0 Å². The van der Waals surface area contributed by atoms with E-state index in [0.29, 0.717) is 17.0 Å². The highest BCUT2D eigenvalue weighted by atomic mass is 79.9. The van der Waals surface area contributed by atoms with Gasteiger partial charge in [0.15, 0.2) is 5.78 Å². The van der Waals surface area contributed by atoms with Gasteiger partial charge in [-0.1, -0.05) is 34.5 Å². The summed E-state index contributed by atoms with van der Waals surface area (Å²) in [7, 11) is 0. The van der Waals surface area contributed by atoms with E-state index in [4.69, 9.17) is 11.6 Å². The van der Waals surface area contributed by atoms with Crippen LogP contribution in [0.4, 0.5) is 0 Å². The van der Waals surface area contributed by atoms with Gasteiger partial charge in [0.1, 0.15) is 0 Å². The molecule has 0 bridgehead atoms. The predicted molar refractivity (Wildman–Crippen MR) is 58.5 cm³/mol. The lowest BCUT2D eigenvalue weighted by molar-refractivity contribution is 0.0988. The summed E-state index contributed by atoms with van der Waals surface area (Å²) in [6.07, 6.45) is 0.482. The number of hydrogen-bond acceptors (Lipinski definition) is 1. The van der Waals surface area contributed by atoms with Crippen molar-refractivity contribution in [3.63, 3.8) is 0 Å². The van der Waals surface area contributed by atoms with Crippen LogP contribution in [0.2, 0.25) is 5.02 Å². The lowest BCUT2D eigenvalue weighted by Crippen LogP contribution is -1.98. The molecule has 0 aliphatic rings. The van der Waals surface area contributed by atoms with Crippen molar-refractivity contribution in [3.05, 3.63) is 32.8 Å². The molecule has 0 aromatic heterocycles. The van der Waals surface area contributed by atoms with Crippen molar-refractivity contribution < 1.29 is 4.79 Å². The first kappa shape index (κ1) is 10.7. The van der Waals surface area contributed by atoms with E-state index < -0.39 is 0 Å². The normalized spacial score (nSPS) is 10.2. The van der Waals surface area contributed by atoms with Gasteiger partial charge in [-0.3, -0.25) is 4.79 Å². The molecule has 0 radical (unpaired) electrons. The smallest absolute Gasteiger partial charge is 0.164 e. The Hall–Kier alpha value is -0.340. The second kappa shape index (κ2) is 4.25. The fourth-order valence-electron chi connectivity index (χ4n) is 1.12. The van der Waals surface area contributed by atoms with Crippen LogP contribution in [0.1, 0.15) is 29.3 Å². The van der Waals surface area contributed by atoms with Gasteiger partial charge in [-0.05, 0) is 24.6 Å². The molecular formula is C10H10BrClO. The lowest BCUT2D eigenvalue weighted by Gasteiger charge is -2.05. The van der Waals surface area contributed by atoms with Crippen LogP contribution in [0.15, 0.2) is 16.6 Å². The molecule has 0 N–H and O–H groups in total. The average molecular weight is 262 g/mol. The fourth-order valence-corrected chi connectivity index (χ4v) is 1.91. The number of carbonyl (C=O) groups excluding carboxylic acids is 1. The van der Waals surface area contributed by atoms with Crippen LogP contribution in [0.25, 0.3) is 0 Å². The van der Waals surface area contributed by atoms with Gasteiger partial charge in [0.2, 0.25) is 0 Å². The van der Waals surface area contributed by atoms with E-state index in [1.54, 1.807) is 6.07 Å². The van der Waals surface area contributed by atoms with Gasteiger partial charge < -0.3 is 0 Å². The second-order valence-corrected chi connectivity index (χ2v) is 4.15. The van der Waals surface area contributed by atoms with Crippen molar-refractivity contribution in [1.82, 2.24) is 0 Å². The number of benzene rings is 1. The van der Waals surface area contributed by atoms with Crippen LogP contribution in [-0.4, -0.2) is 5.78 Å². The highest BCUT2D eigenvalue weighted by Crippen LogP contribution is 2.26. The predicted octanol–water partition coefficient (Wildman–Crippen LogP) is 4.00. The molecule has 1 rings (SSSR count). The zero-order valence-corrected chi connectivity index (χ0v) is 9.87. The maximum Gasteiger partial charge on any atom is 0.164 e. The number of ketones is 1. The molecule has 0 aliphatic heterocycles. The Morgan fingerprint density at radius 1 is 1.54 bits per heavy atom. The molecular weight excluding hydrogens is 251 g/mol. The standard InChI is InChI=1S/C10H10BrClO/c1-3-9(13)8-5-7(11)4-6(2)10(8)12/h4-5H,3H2,1-2H3. The molecule has 0 aliphatic carbocycles. The SMILES string of the molecule is CCC(=O)c1cc(Br)cc(C)c1Cl. The van der Waals surface area contributed by atoms with Gasteiger partial charge >= 0.3 is 0 Å². The maximum atomic E-state index is 11.4. The van der Waals surface area contributed by atoms with E-state index in [2.05, 4.69) is 15.9 Å². The molecule has 1 aromatic carbocycles. The monoisotopic (exact) mass is 260 g/mol. The van der Waals surface area contributed by atoms with E-state index in [9.17, 15) is 4.79 Å². The van der Waals surface area contributed by atoms with Crippen LogP contribution in [0.3, 0.4) is 0 Å². The minimum atomic E-state index is 0.0781. The van der Waals surface area contributed by atoms with Gasteiger partial charge in [0, 0.05) is 16.5 Å². The molecule has 0 atom stereocenters. The molecule has 3 heteroatoms. The number of hydrogen-bond donors (Lipinski definition) is 0. The Morgan fingerprint density at radius 2 is 2.15 bits per heavy atom. The van der Waals surface area contributed by atoms with E-state index >= 15 is 0 Å². The van der Waals surface area contributed by atoms with E-state index in [-0.39, 0.29) is 5.78 Å². The first-order valence-corrected chi connectivity index (χ1v) is 5.22. The molecule has 0 saturated carbocycles. The van der Waals surface area contributed by atoms with Gasteiger partial charge in [-0.2, -0.15) is 0 Å². The van der Waals surface area contributed by atoms with Crippen molar-refractivity contribution in [2.75, 3.05) is 0 Å². The Labute approximate surface area is 91.2 Å². The van der Waals surface area contributed by atoms with Gasteiger partial charge in [0.25, 0.3) is 0 Å². The number of Topliss-reactive ketones (excluding diaryl/α,β-unsaturated/α-hetero) is 1. The molecule has 70 valence electrons. The van der Waals surface area contributed by atoms with Crippen molar-refractivity contribution in [1.29, 1.82) is 0 Å². The zero-order chi connectivity index (χ0) is 10.0. The Kier molecular flexibility index (Phi) is 3.51. The zero-order valence-electron chi connectivity index (χ0n) is 7.53. The molecule has 13 heavy (non-hydrogen) atoms. The molecule has 0 saturated heterocycles. The highest BCUT2D eigenvalue weighted by molar-refractivity contribution is 9.10. The molecule has 1 nitrogen and oxygen atoms in total. The molecule has 0 heterocycles. The highest BCUT2D eigenvalue weighted by Gasteiger charge is 2.10. The van der Waals surface area contributed by atoms with Crippen LogP contribution in [0, 0.1) is 6.92 Å². The average Bonchev–Trinajstić information content (AvgIpc) is 2.10. The lowest BCUT2D eigenvalue weighted by atomic mass is 10.1. The number of rotatable bonds is 2. The number of carbonyl (C=O) groups is 1. The Morgan fingerprint density at radius 3 is 2.69 bits per heavy atom. The van der Waals surface area contributed by atoms with Crippen LogP contribution >= 0.6 is 27.5 Å². The summed E-state index contributed by atoms with van der Waals surface area (Å²) in [6.45, 7) is 3.72. The quantitative estimate of drug-likeness (QED) is 0.735. The summed E-state index contributed by atoms with van der Waals surface area (Å²) in [6, 6.07) is 3.66.